The third-order valence-electron chi connectivity index (χ3n) is 4.54. The van der Waals surface area contributed by atoms with Crippen molar-refractivity contribution in [2.45, 2.75) is 31.8 Å². The number of aryl methyl sites for hydroxylation is 1. The van der Waals surface area contributed by atoms with Crippen molar-refractivity contribution in [1.82, 2.24) is 10.3 Å². The minimum atomic E-state index is -1.01. The Morgan fingerprint density at radius 3 is 2.96 bits per heavy atom. The van der Waals surface area contributed by atoms with Crippen LogP contribution in [0.3, 0.4) is 0 Å². The summed E-state index contributed by atoms with van der Waals surface area (Å²) in [4.78, 5) is 17.0. The lowest BCUT2D eigenvalue weighted by atomic mass is 9.91. The molecule has 1 aromatic carbocycles. The number of nitrogens with one attached hydrogen (secondary N) is 1. The van der Waals surface area contributed by atoms with Gasteiger partial charge in [-0.15, -0.1) is 0 Å². The molecule has 0 radical (unpaired) electrons. The lowest BCUT2D eigenvalue weighted by Gasteiger charge is -2.24. The monoisotopic (exact) mass is 311 g/mol. The van der Waals surface area contributed by atoms with Crippen LogP contribution in [0, 0.1) is 6.92 Å². The number of methoxy groups -OCH3 is 1. The summed E-state index contributed by atoms with van der Waals surface area (Å²) in [5, 5.41) is 2.93. The summed E-state index contributed by atoms with van der Waals surface area (Å²) < 4.78 is 5.38. The van der Waals surface area contributed by atoms with Crippen LogP contribution in [0.5, 0.6) is 5.75 Å². The standard InChI is InChI=1S/C18H21N3O2/c1-12-5-4-10-20-15(12)11-21-17(22)18(19)9-8-13-14(18)6-3-7-16(13)23-2/h3-7,10H,8-9,11,19H2,1-2H3,(H,21,22). The van der Waals surface area contributed by atoms with E-state index in [0.29, 0.717) is 13.0 Å². The Morgan fingerprint density at radius 1 is 1.39 bits per heavy atom. The molecule has 1 unspecified atom stereocenters. The van der Waals surface area contributed by atoms with Crippen molar-refractivity contribution in [3.8, 4) is 5.75 Å². The van der Waals surface area contributed by atoms with Crippen molar-refractivity contribution < 1.29 is 9.53 Å². The molecule has 1 heterocycles. The van der Waals surface area contributed by atoms with Crippen LogP contribution in [0.15, 0.2) is 36.5 Å². The van der Waals surface area contributed by atoms with Crippen molar-refractivity contribution >= 4 is 5.91 Å². The van der Waals surface area contributed by atoms with Crippen LogP contribution in [0.25, 0.3) is 0 Å². The number of hydrogen-bond acceptors (Lipinski definition) is 4. The van der Waals surface area contributed by atoms with Gasteiger partial charge in [0.05, 0.1) is 19.3 Å². The molecular formula is C18H21N3O2. The van der Waals surface area contributed by atoms with Crippen molar-refractivity contribution in [3.63, 3.8) is 0 Å². The number of pyridine rings is 1. The van der Waals surface area contributed by atoms with Gasteiger partial charge in [-0.05, 0) is 48.6 Å². The van der Waals surface area contributed by atoms with Crippen LogP contribution in [-0.2, 0) is 23.3 Å². The summed E-state index contributed by atoms with van der Waals surface area (Å²) in [7, 11) is 1.63. The Kier molecular flexibility index (Phi) is 4.05. The number of rotatable bonds is 4. The van der Waals surface area contributed by atoms with Crippen molar-refractivity contribution in [1.29, 1.82) is 0 Å². The van der Waals surface area contributed by atoms with Gasteiger partial charge in [0.2, 0.25) is 5.91 Å². The maximum absolute atomic E-state index is 12.7. The molecule has 0 spiro atoms. The molecule has 5 heteroatoms. The molecule has 5 nitrogen and oxygen atoms in total. The highest BCUT2D eigenvalue weighted by molar-refractivity contribution is 5.89. The van der Waals surface area contributed by atoms with Gasteiger partial charge >= 0.3 is 0 Å². The van der Waals surface area contributed by atoms with Gasteiger partial charge in [-0.1, -0.05) is 18.2 Å². The minimum absolute atomic E-state index is 0.172. The largest absolute Gasteiger partial charge is 0.496 e. The van der Waals surface area contributed by atoms with E-state index in [4.69, 9.17) is 10.5 Å². The highest BCUT2D eigenvalue weighted by Crippen LogP contribution is 2.39. The molecule has 23 heavy (non-hydrogen) atoms. The second-order valence-corrected chi connectivity index (χ2v) is 5.91. The Labute approximate surface area is 135 Å². The summed E-state index contributed by atoms with van der Waals surface area (Å²) in [6.45, 7) is 2.35. The number of fused-ring (bicyclic) bond motifs is 1. The van der Waals surface area contributed by atoms with Crippen LogP contribution in [0.1, 0.15) is 28.8 Å². The van der Waals surface area contributed by atoms with E-state index in [1.54, 1.807) is 13.3 Å². The van der Waals surface area contributed by atoms with Gasteiger partial charge in [0.25, 0.3) is 0 Å². The molecule has 120 valence electrons. The second-order valence-electron chi connectivity index (χ2n) is 5.91. The number of ether oxygens (including phenoxy) is 1. The molecule has 3 N–H and O–H groups in total. The zero-order valence-corrected chi connectivity index (χ0v) is 13.4. The van der Waals surface area contributed by atoms with Gasteiger partial charge in [0.1, 0.15) is 11.3 Å². The fourth-order valence-corrected chi connectivity index (χ4v) is 3.15. The van der Waals surface area contributed by atoms with Crippen LogP contribution in [-0.4, -0.2) is 18.0 Å². The molecule has 1 aliphatic carbocycles. The third kappa shape index (κ3) is 2.68. The van der Waals surface area contributed by atoms with Gasteiger partial charge < -0.3 is 15.8 Å². The van der Waals surface area contributed by atoms with Crippen LogP contribution in [0.2, 0.25) is 0 Å². The van der Waals surface area contributed by atoms with E-state index >= 15 is 0 Å². The van der Waals surface area contributed by atoms with E-state index in [9.17, 15) is 4.79 Å². The topological polar surface area (TPSA) is 77.2 Å². The van der Waals surface area contributed by atoms with Crippen LogP contribution < -0.4 is 15.8 Å². The number of nitrogens with two attached hydrogens (primary N) is 1. The van der Waals surface area contributed by atoms with Gasteiger partial charge in [0, 0.05) is 6.20 Å². The Bertz CT molecular complexity index is 745. The maximum Gasteiger partial charge on any atom is 0.245 e. The first-order valence-electron chi connectivity index (χ1n) is 7.70. The number of aromatic nitrogens is 1. The zero-order chi connectivity index (χ0) is 16.4. The predicted octanol–water partition coefficient (Wildman–Crippen LogP) is 1.82. The number of nitrogens with zero attached hydrogens (tertiary/aromatic N) is 1. The number of carbonyl (C=O) groups excluding carboxylic acids is 1. The molecule has 1 aliphatic rings. The van der Waals surface area contributed by atoms with E-state index in [1.807, 2.05) is 37.3 Å². The molecule has 0 saturated heterocycles. The fraction of sp³-hybridized carbons (Fsp3) is 0.333. The minimum Gasteiger partial charge on any atom is -0.496 e. The average molecular weight is 311 g/mol. The van der Waals surface area contributed by atoms with Gasteiger partial charge in [0.15, 0.2) is 0 Å². The lowest BCUT2D eigenvalue weighted by molar-refractivity contribution is -0.126. The van der Waals surface area contributed by atoms with Crippen LogP contribution in [0.4, 0.5) is 0 Å². The Hall–Kier alpha value is -2.40. The highest BCUT2D eigenvalue weighted by Gasteiger charge is 2.42. The molecule has 1 aromatic heterocycles. The zero-order valence-electron chi connectivity index (χ0n) is 13.4. The molecule has 1 atom stereocenters. The van der Waals surface area contributed by atoms with E-state index in [2.05, 4.69) is 10.3 Å². The Balaban J connectivity index is 1.80. The normalized spacial score (nSPS) is 19.3. The Morgan fingerprint density at radius 2 is 2.22 bits per heavy atom. The van der Waals surface area contributed by atoms with E-state index in [0.717, 1.165) is 34.6 Å². The summed E-state index contributed by atoms with van der Waals surface area (Å²) in [6, 6.07) is 9.55. The van der Waals surface area contributed by atoms with Gasteiger partial charge in [-0.2, -0.15) is 0 Å². The average Bonchev–Trinajstić information content (AvgIpc) is 2.92. The molecule has 0 saturated carbocycles. The van der Waals surface area contributed by atoms with E-state index in [-0.39, 0.29) is 5.91 Å². The molecule has 0 aliphatic heterocycles. The third-order valence-corrected chi connectivity index (χ3v) is 4.54. The maximum atomic E-state index is 12.7. The van der Waals surface area contributed by atoms with Crippen molar-refractivity contribution in [2.75, 3.05) is 7.11 Å². The molecule has 0 fully saturated rings. The number of carbonyl (C=O) groups is 1. The predicted molar refractivity (Wildman–Crippen MR) is 88.0 cm³/mol. The van der Waals surface area contributed by atoms with Crippen LogP contribution >= 0.6 is 0 Å². The first-order chi connectivity index (χ1) is 11.1. The summed E-state index contributed by atoms with van der Waals surface area (Å²) in [5.74, 6) is 0.623. The van der Waals surface area contributed by atoms with Gasteiger partial charge in [-0.3, -0.25) is 9.78 Å². The summed E-state index contributed by atoms with van der Waals surface area (Å²) in [6.07, 6.45) is 3.05. The van der Waals surface area contributed by atoms with Gasteiger partial charge in [-0.25, -0.2) is 0 Å². The SMILES string of the molecule is COc1cccc2c1CCC2(N)C(=O)NCc1ncccc1C. The second kappa shape index (κ2) is 6.01. The van der Waals surface area contributed by atoms with E-state index < -0.39 is 5.54 Å². The fourth-order valence-electron chi connectivity index (χ4n) is 3.15. The van der Waals surface area contributed by atoms with Crippen molar-refractivity contribution in [2.24, 2.45) is 5.73 Å². The van der Waals surface area contributed by atoms with Crippen molar-refractivity contribution in [3.05, 3.63) is 58.9 Å². The summed E-state index contributed by atoms with van der Waals surface area (Å²) in [5.41, 5.74) is 9.23. The molecule has 2 aromatic rings. The quantitative estimate of drug-likeness (QED) is 0.903. The number of amides is 1. The smallest absolute Gasteiger partial charge is 0.245 e. The first kappa shape index (κ1) is 15.5. The lowest BCUT2D eigenvalue weighted by Crippen LogP contribution is -2.49. The highest BCUT2D eigenvalue weighted by atomic mass is 16.5. The van der Waals surface area contributed by atoms with E-state index in [1.165, 1.54) is 0 Å². The molecule has 1 amide bonds. The number of hydrogen-bond donors (Lipinski definition) is 2. The summed E-state index contributed by atoms with van der Waals surface area (Å²) >= 11 is 0. The molecule has 3 rings (SSSR count). The molecular weight excluding hydrogens is 290 g/mol. The first-order valence-corrected chi connectivity index (χ1v) is 7.70. The number of benzene rings is 1. The molecule has 0 bridgehead atoms.